The third kappa shape index (κ3) is 4.97. The maximum atomic E-state index is 11.8. The fourth-order valence-corrected chi connectivity index (χ4v) is 2.32. The first-order chi connectivity index (χ1) is 7.59. The van der Waals surface area contributed by atoms with Crippen molar-refractivity contribution in [3.8, 4) is 0 Å². The lowest BCUT2D eigenvalue weighted by molar-refractivity contribution is -0.130. The van der Waals surface area contributed by atoms with Crippen LogP contribution in [0.5, 0.6) is 0 Å². The van der Waals surface area contributed by atoms with Crippen LogP contribution in [0.2, 0.25) is 0 Å². The SMILES string of the molecule is CC(O)CCN(C)C(=O)CCC1CCCC1. The highest BCUT2D eigenvalue weighted by Gasteiger charge is 2.17. The summed E-state index contributed by atoms with van der Waals surface area (Å²) >= 11 is 0. The van der Waals surface area contributed by atoms with Crippen molar-refractivity contribution >= 4 is 5.91 Å². The summed E-state index contributed by atoms with van der Waals surface area (Å²) in [6, 6.07) is 0. The van der Waals surface area contributed by atoms with Crippen molar-refractivity contribution in [2.24, 2.45) is 5.92 Å². The number of nitrogens with zero attached hydrogens (tertiary/aromatic N) is 1. The van der Waals surface area contributed by atoms with Crippen LogP contribution in [0.25, 0.3) is 0 Å². The number of aliphatic hydroxyl groups excluding tert-OH is 1. The molecule has 3 heteroatoms. The number of hydrogen-bond acceptors (Lipinski definition) is 2. The number of carbonyl (C=O) groups excluding carboxylic acids is 1. The average molecular weight is 227 g/mol. The molecular weight excluding hydrogens is 202 g/mol. The first kappa shape index (κ1) is 13.5. The van der Waals surface area contributed by atoms with E-state index in [0.717, 1.165) is 12.3 Å². The summed E-state index contributed by atoms with van der Waals surface area (Å²) in [6.45, 7) is 2.43. The second-order valence-electron chi connectivity index (χ2n) is 5.14. The van der Waals surface area contributed by atoms with Crippen LogP contribution in [0.3, 0.4) is 0 Å². The van der Waals surface area contributed by atoms with Gasteiger partial charge in [0.1, 0.15) is 0 Å². The first-order valence-electron chi connectivity index (χ1n) is 6.51. The van der Waals surface area contributed by atoms with E-state index in [1.54, 1.807) is 11.8 Å². The van der Waals surface area contributed by atoms with E-state index in [-0.39, 0.29) is 12.0 Å². The molecule has 0 spiro atoms. The highest BCUT2D eigenvalue weighted by molar-refractivity contribution is 5.75. The maximum Gasteiger partial charge on any atom is 0.222 e. The Labute approximate surface area is 98.8 Å². The van der Waals surface area contributed by atoms with Gasteiger partial charge in [0, 0.05) is 20.0 Å². The summed E-state index contributed by atoms with van der Waals surface area (Å²) in [5.74, 6) is 1.02. The molecule has 0 radical (unpaired) electrons. The molecule has 0 saturated heterocycles. The molecule has 16 heavy (non-hydrogen) atoms. The van der Waals surface area contributed by atoms with Crippen molar-refractivity contribution in [1.82, 2.24) is 4.90 Å². The Balaban J connectivity index is 2.12. The van der Waals surface area contributed by atoms with Gasteiger partial charge < -0.3 is 10.0 Å². The largest absolute Gasteiger partial charge is 0.393 e. The van der Waals surface area contributed by atoms with Gasteiger partial charge in [0.15, 0.2) is 0 Å². The van der Waals surface area contributed by atoms with E-state index in [0.29, 0.717) is 19.4 Å². The molecule has 1 N–H and O–H groups in total. The van der Waals surface area contributed by atoms with Crippen LogP contribution >= 0.6 is 0 Å². The first-order valence-corrected chi connectivity index (χ1v) is 6.51. The fraction of sp³-hybridized carbons (Fsp3) is 0.923. The lowest BCUT2D eigenvalue weighted by Crippen LogP contribution is -2.29. The Bertz CT molecular complexity index is 210. The van der Waals surface area contributed by atoms with Gasteiger partial charge in [0.2, 0.25) is 5.91 Å². The lowest BCUT2D eigenvalue weighted by atomic mass is 10.0. The van der Waals surface area contributed by atoms with E-state index in [4.69, 9.17) is 5.11 Å². The summed E-state index contributed by atoms with van der Waals surface area (Å²) in [6.07, 6.45) is 7.40. The molecule has 0 aromatic carbocycles. The highest BCUT2D eigenvalue weighted by atomic mass is 16.3. The van der Waals surface area contributed by atoms with Crippen LogP contribution in [0.1, 0.15) is 51.9 Å². The molecule has 1 fully saturated rings. The fourth-order valence-electron chi connectivity index (χ4n) is 2.32. The summed E-state index contributed by atoms with van der Waals surface area (Å²) in [5, 5.41) is 9.15. The smallest absolute Gasteiger partial charge is 0.222 e. The minimum atomic E-state index is -0.315. The van der Waals surface area contributed by atoms with Gasteiger partial charge in [-0.2, -0.15) is 0 Å². The predicted molar refractivity (Wildman–Crippen MR) is 65.1 cm³/mol. The highest BCUT2D eigenvalue weighted by Crippen LogP contribution is 2.28. The minimum absolute atomic E-state index is 0.229. The number of hydrogen-bond donors (Lipinski definition) is 1. The topological polar surface area (TPSA) is 40.5 Å². The summed E-state index contributed by atoms with van der Waals surface area (Å²) in [7, 11) is 1.83. The van der Waals surface area contributed by atoms with E-state index in [1.165, 1.54) is 25.7 Å². The summed E-state index contributed by atoms with van der Waals surface area (Å²) in [5.41, 5.74) is 0. The number of rotatable bonds is 6. The van der Waals surface area contributed by atoms with Gasteiger partial charge in [-0.1, -0.05) is 25.7 Å². The van der Waals surface area contributed by atoms with Gasteiger partial charge >= 0.3 is 0 Å². The van der Waals surface area contributed by atoms with Gasteiger partial charge in [-0.05, 0) is 25.7 Å². The quantitative estimate of drug-likeness (QED) is 0.755. The monoisotopic (exact) mass is 227 g/mol. The molecule has 0 aliphatic heterocycles. The van der Waals surface area contributed by atoms with Gasteiger partial charge in [0.25, 0.3) is 0 Å². The second-order valence-corrected chi connectivity index (χ2v) is 5.14. The van der Waals surface area contributed by atoms with Crippen molar-refractivity contribution in [3.63, 3.8) is 0 Å². The molecule has 0 bridgehead atoms. The zero-order chi connectivity index (χ0) is 12.0. The van der Waals surface area contributed by atoms with E-state index in [2.05, 4.69) is 0 Å². The minimum Gasteiger partial charge on any atom is -0.393 e. The third-order valence-corrected chi connectivity index (χ3v) is 3.55. The van der Waals surface area contributed by atoms with Crippen LogP contribution in [0.15, 0.2) is 0 Å². The number of amides is 1. The standard InChI is InChI=1S/C13H25NO2/c1-11(15)9-10-14(2)13(16)8-7-12-5-3-4-6-12/h11-12,15H,3-10H2,1-2H3. The van der Waals surface area contributed by atoms with E-state index in [9.17, 15) is 4.79 Å². The molecule has 1 aliphatic rings. The Morgan fingerprint density at radius 3 is 2.62 bits per heavy atom. The van der Waals surface area contributed by atoms with Crippen LogP contribution in [0, 0.1) is 5.92 Å². The Kier molecular flexibility index (Phi) is 5.81. The molecule has 1 amide bonds. The summed E-state index contributed by atoms with van der Waals surface area (Å²) < 4.78 is 0. The zero-order valence-electron chi connectivity index (χ0n) is 10.6. The van der Waals surface area contributed by atoms with Crippen molar-refractivity contribution in [1.29, 1.82) is 0 Å². The van der Waals surface area contributed by atoms with Crippen molar-refractivity contribution < 1.29 is 9.90 Å². The normalized spacial score (nSPS) is 18.7. The molecule has 0 heterocycles. The van der Waals surface area contributed by atoms with E-state index < -0.39 is 0 Å². The van der Waals surface area contributed by atoms with Crippen LogP contribution in [-0.4, -0.2) is 35.6 Å². The van der Waals surface area contributed by atoms with E-state index >= 15 is 0 Å². The molecule has 1 aliphatic carbocycles. The van der Waals surface area contributed by atoms with Crippen LogP contribution in [-0.2, 0) is 4.79 Å². The van der Waals surface area contributed by atoms with Crippen LogP contribution in [0.4, 0.5) is 0 Å². The lowest BCUT2D eigenvalue weighted by Gasteiger charge is -2.19. The number of aliphatic hydroxyl groups is 1. The second kappa shape index (κ2) is 6.89. The molecular formula is C13H25NO2. The molecule has 3 nitrogen and oxygen atoms in total. The molecule has 1 rings (SSSR count). The molecule has 1 unspecified atom stereocenters. The third-order valence-electron chi connectivity index (χ3n) is 3.55. The Morgan fingerprint density at radius 2 is 2.06 bits per heavy atom. The Morgan fingerprint density at radius 1 is 1.44 bits per heavy atom. The van der Waals surface area contributed by atoms with Gasteiger partial charge in [0.05, 0.1) is 6.10 Å². The predicted octanol–water partition coefficient (Wildman–Crippen LogP) is 2.19. The molecule has 0 aromatic rings. The van der Waals surface area contributed by atoms with Gasteiger partial charge in [-0.25, -0.2) is 0 Å². The zero-order valence-corrected chi connectivity index (χ0v) is 10.6. The van der Waals surface area contributed by atoms with E-state index in [1.807, 2.05) is 7.05 Å². The van der Waals surface area contributed by atoms with Crippen molar-refractivity contribution in [2.75, 3.05) is 13.6 Å². The molecule has 0 aromatic heterocycles. The molecule has 1 atom stereocenters. The van der Waals surface area contributed by atoms with Crippen molar-refractivity contribution in [3.05, 3.63) is 0 Å². The number of carbonyl (C=O) groups is 1. The van der Waals surface area contributed by atoms with Gasteiger partial charge in [-0.15, -0.1) is 0 Å². The summed E-state index contributed by atoms with van der Waals surface area (Å²) in [4.78, 5) is 13.5. The average Bonchev–Trinajstić information content (AvgIpc) is 2.75. The Hall–Kier alpha value is -0.570. The molecule has 94 valence electrons. The maximum absolute atomic E-state index is 11.8. The molecule has 1 saturated carbocycles. The van der Waals surface area contributed by atoms with Crippen LogP contribution < -0.4 is 0 Å². The van der Waals surface area contributed by atoms with Gasteiger partial charge in [-0.3, -0.25) is 4.79 Å². The van der Waals surface area contributed by atoms with Crippen molar-refractivity contribution in [2.45, 2.75) is 58.0 Å².